The average Bonchev–Trinajstić information content (AvgIpc) is 2.20. The second-order valence-corrected chi connectivity index (χ2v) is 3.40. The van der Waals surface area contributed by atoms with Gasteiger partial charge in [-0.3, -0.25) is 0 Å². The molecular weight excluding hydrogens is 248 g/mol. The highest BCUT2D eigenvalue weighted by molar-refractivity contribution is 9.10. The SMILES string of the molecule is CCOc1c(Br)cccc1C(=O)OC. The van der Waals surface area contributed by atoms with Crippen LogP contribution < -0.4 is 4.74 Å². The maximum Gasteiger partial charge on any atom is 0.341 e. The van der Waals surface area contributed by atoms with Gasteiger partial charge in [-0.1, -0.05) is 6.07 Å². The monoisotopic (exact) mass is 258 g/mol. The molecule has 3 nitrogen and oxygen atoms in total. The van der Waals surface area contributed by atoms with Gasteiger partial charge in [0.25, 0.3) is 0 Å². The van der Waals surface area contributed by atoms with Gasteiger partial charge in [-0.25, -0.2) is 4.79 Å². The number of halogens is 1. The van der Waals surface area contributed by atoms with Crippen LogP contribution in [0.3, 0.4) is 0 Å². The van der Waals surface area contributed by atoms with Crippen LogP contribution in [0.5, 0.6) is 5.75 Å². The summed E-state index contributed by atoms with van der Waals surface area (Å²) in [5, 5.41) is 0. The molecule has 0 N–H and O–H groups in total. The van der Waals surface area contributed by atoms with Gasteiger partial charge in [-0.2, -0.15) is 0 Å². The zero-order chi connectivity index (χ0) is 10.6. The van der Waals surface area contributed by atoms with Crippen molar-refractivity contribution in [1.82, 2.24) is 0 Å². The van der Waals surface area contributed by atoms with E-state index in [1.54, 1.807) is 12.1 Å². The second kappa shape index (κ2) is 5.00. The molecule has 0 saturated carbocycles. The molecule has 0 amide bonds. The van der Waals surface area contributed by atoms with Crippen LogP contribution in [-0.2, 0) is 4.74 Å². The van der Waals surface area contributed by atoms with Crippen molar-refractivity contribution in [2.24, 2.45) is 0 Å². The molecule has 0 bridgehead atoms. The van der Waals surface area contributed by atoms with Crippen LogP contribution in [0.25, 0.3) is 0 Å². The third kappa shape index (κ3) is 2.26. The molecule has 0 aliphatic heterocycles. The Morgan fingerprint density at radius 1 is 1.50 bits per heavy atom. The highest BCUT2D eigenvalue weighted by Crippen LogP contribution is 2.29. The predicted octanol–water partition coefficient (Wildman–Crippen LogP) is 2.63. The van der Waals surface area contributed by atoms with Gasteiger partial charge in [-0.05, 0) is 35.0 Å². The molecule has 1 rings (SSSR count). The molecule has 0 aromatic heterocycles. The topological polar surface area (TPSA) is 35.5 Å². The quantitative estimate of drug-likeness (QED) is 0.783. The van der Waals surface area contributed by atoms with Crippen LogP contribution in [0.1, 0.15) is 17.3 Å². The van der Waals surface area contributed by atoms with E-state index >= 15 is 0 Å². The summed E-state index contributed by atoms with van der Waals surface area (Å²) < 4.78 is 10.7. The van der Waals surface area contributed by atoms with Crippen molar-refractivity contribution in [3.63, 3.8) is 0 Å². The fourth-order valence-electron chi connectivity index (χ4n) is 1.07. The maximum atomic E-state index is 11.3. The minimum atomic E-state index is -0.394. The van der Waals surface area contributed by atoms with Gasteiger partial charge in [0.2, 0.25) is 0 Å². The van der Waals surface area contributed by atoms with Gasteiger partial charge in [0.05, 0.1) is 18.2 Å². The minimum Gasteiger partial charge on any atom is -0.492 e. The molecule has 0 aliphatic carbocycles. The number of benzene rings is 1. The zero-order valence-electron chi connectivity index (χ0n) is 8.04. The Bertz CT molecular complexity index is 336. The Morgan fingerprint density at radius 3 is 2.79 bits per heavy atom. The lowest BCUT2D eigenvalue weighted by molar-refractivity contribution is 0.0596. The Balaban J connectivity index is 3.13. The number of rotatable bonds is 3. The fourth-order valence-corrected chi connectivity index (χ4v) is 1.55. The molecule has 0 radical (unpaired) electrons. The molecule has 14 heavy (non-hydrogen) atoms. The Hall–Kier alpha value is -1.03. The molecule has 0 spiro atoms. The van der Waals surface area contributed by atoms with E-state index < -0.39 is 5.97 Å². The number of hydrogen-bond donors (Lipinski definition) is 0. The van der Waals surface area contributed by atoms with Crippen molar-refractivity contribution in [3.05, 3.63) is 28.2 Å². The van der Waals surface area contributed by atoms with Gasteiger partial charge in [0.1, 0.15) is 11.3 Å². The van der Waals surface area contributed by atoms with Crippen LogP contribution >= 0.6 is 15.9 Å². The van der Waals surface area contributed by atoms with E-state index in [1.807, 2.05) is 13.0 Å². The average molecular weight is 259 g/mol. The van der Waals surface area contributed by atoms with E-state index in [2.05, 4.69) is 20.7 Å². The van der Waals surface area contributed by atoms with Crippen molar-refractivity contribution in [3.8, 4) is 5.75 Å². The molecule has 0 aliphatic rings. The summed E-state index contributed by atoms with van der Waals surface area (Å²) >= 11 is 3.31. The van der Waals surface area contributed by atoms with Crippen LogP contribution in [-0.4, -0.2) is 19.7 Å². The smallest absolute Gasteiger partial charge is 0.341 e. The van der Waals surface area contributed by atoms with E-state index in [0.29, 0.717) is 17.9 Å². The van der Waals surface area contributed by atoms with Gasteiger partial charge < -0.3 is 9.47 Å². The summed E-state index contributed by atoms with van der Waals surface area (Å²) in [5.74, 6) is 0.136. The lowest BCUT2D eigenvalue weighted by Crippen LogP contribution is -2.05. The van der Waals surface area contributed by atoms with Crippen LogP contribution in [0.4, 0.5) is 0 Å². The van der Waals surface area contributed by atoms with Crippen molar-refractivity contribution in [1.29, 1.82) is 0 Å². The van der Waals surface area contributed by atoms with Gasteiger partial charge in [-0.15, -0.1) is 0 Å². The molecule has 0 heterocycles. The molecule has 0 saturated heterocycles. The minimum absolute atomic E-state index is 0.394. The van der Waals surface area contributed by atoms with Crippen LogP contribution in [0.15, 0.2) is 22.7 Å². The van der Waals surface area contributed by atoms with E-state index in [-0.39, 0.29) is 0 Å². The predicted molar refractivity (Wildman–Crippen MR) is 56.7 cm³/mol. The molecule has 0 atom stereocenters. The maximum absolute atomic E-state index is 11.3. The number of methoxy groups -OCH3 is 1. The highest BCUT2D eigenvalue weighted by Gasteiger charge is 2.14. The Morgan fingerprint density at radius 2 is 2.21 bits per heavy atom. The number of para-hydroxylation sites is 1. The van der Waals surface area contributed by atoms with E-state index in [1.165, 1.54) is 7.11 Å². The van der Waals surface area contributed by atoms with E-state index in [9.17, 15) is 4.79 Å². The number of ether oxygens (including phenoxy) is 2. The summed E-state index contributed by atoms with van der Waals surface area (Å²) in [6, 6.07) is 5.25. The van der Waals surface area contributed by atoms with Crippen molar-refractivity contribution >= 4 is 21.9 Å². The first-order valence-corrected chi connectivity index (χ1v) is 4.99. The van der Waals surface area contributed by atoms with Crippen molar-refractivity contribution in [2.75, 3.05) is 13.7 Å². The number of carbonyl (C=O) groups excluding carboxylic acids is 1. The summed E-state index contributed by atoms with van der Waals surface area (Å²) in [6.45, 7) is 2.37. The second-order valence-electron chi connectivity index (χ2n) is 2.54. The Kier molecular flexibility index (Phi) is 3.95. The standard InChI is InChI=1S/C10H11BrO3/c1-3-14-9-7(10(12)13-2)5-4-6-8(9)11/h4-6H,3H2,1-2H3. The molecule has 76 valence electrons. The third-order valence-electron chi connectivity index (χ3n) is 1.66. The van der Waals surface area contributed by atoms with Crippen LogP contribution in [0.2, 0.25) is 0 Å². The molecular formula is C10H11BrO3. The number of carbonyl (C=O) groups is 1. The molecule has 0 unspecified atom stereocenters. The summed E-state index contributed by atoms with van der Waals surface area (Å²) in [7, 11) is 1.35. The molecule has 4 heteroatoms. The third-order valence-corrected chi connectivity index (χ3v) is 2.29. The van der Waals surface area contributed by atoms with Crippen molar-refractivity contribution in [2.45, 2.75) is 6.92 Å². The highest BCUT2D eigenvalue weighted by atomic mass is 79.9. The first-order valence-electron chi connectivity index (χ1n) is 4.20. The van der Waals surface area contributed by atoms with Gasteiger partial charge in [0.15, 0.2) is 0 Å². The lowest BCUT2D eigenvalue weighted by atomic mass is 10.2. The van der Waals surface area contributed by atoms with Crippen molar-refractivity contribution < 1.29 is 14.3 Å². The lowest BCUT2D eigenvalue weighted by Gasteiger charge is -2.09. The Labute approximate surface area is 91.1 Å². The van der Waals surface area contributed by atoms with Crippen LogP contribution in [0, 0.1) is 0 Å². The van der Waals surface area contributed by atoms with Gasteiger partial charge >= 0.3 is 5.97 Å². The summed E-state index contributed by atoms with van der Waals surface area (Å²) in [4.78, 5) is 11.3. The van der Waals surface area contributed by atoms with Gasteiger partial charge in [0, 0.05) is 0 Å². The normalized spacial score (nSPS) is 9.64. The summed E-state index contributed by atoms with van der Waals surface area (Å²) in [6.07, 6.45) is 0. The number of hydrogen-bond acceptors (Lipinski definition) is 3. The zero-order valence-corrected chi connectivity index (χ0v) is 9.63. The fraction of sp³-hybridized carbons (Fsp3) is 0.300. The summed E-state index contributed by atoms with van der Waals surface area (Å²) in [5.41, 5.74) is 0.434. The molecule has 1 aromatic carbocycles. The van der Waals surface area contributed by atoms with E-state index in [4.69, 9.17) is 4.74 Å². The number of esters is 1. The molecule has 0 fully saturated rings. The first kappa shape index (κ1) is 11.0. The van der Waals surface area contributed by atoms with E-state index in [0.717, 1.165) is 4.47 Å². The first-order chi connectivity index (χ1) is 6.70. The largest absolute Gasteiger partial charge is 0.492 e. The molecule has 1 aromatic rings.